The molecule has 1 N–H and O–H groups in total. The second kappa shape index (κ2) is 3.72. The molecule has 3 heteroatoms. The van der Waals surface area contributed by atoms with Gasteiger partial charge in [-0.25, -0.2) is 0 Å². The molecule has 1 aromatic rings. The molecule has 0 aromatic carbocycles. The molecule has 2 rings (SSSR count). The highest BCUT2D eigenvalue weighted by Crippen LogP contribution is 2.37. The van der Waals surface area contributed by atoms with Gasteiger partial charge in [0.15, 0.2) is 5.76 Å². The highest BCUT2D eigenvalue weighted by atomic mass is 16.3. The molecule has 82 valence electrons. The lowest BCUT2D eigenvalue weighted by atomic mass is 9.87. The highest BCUT2D eigenvalue weighted by Gasteiger charge is 2.35. The van der Waals surface area contributed by atoms with Gasteiger partial charge in [-0.15, -0.1) is 0 Å². The van der Waals surface area contributed by atoms with E-state index in [0.717, 1.165) is 6.42 Å². The maximum absolute atomic E-state index is 11.7. The van der Waals surface area contributed by atoms with E-state index in [1.165, 1.54) is 19.1 Å². The zero-order valence-corrected chi connectivity index (χ0v) is 9.25. The lowest BCUT2D eigenvalue weighted by Gasteiger charge is -2.27. The predicted octanol–water partition coefficient (Wildman–Crippen LogP) is 2.59. The molecule has 0 bridgehead atoms. The quantitative estimate of drug-likeness (QED) is 0.809. The Morgan fingerprint density at radius 1 is 1.60 bits per heavy atom. The van der Waals surface area contributed by atoms with Gasteiger partial charge in [0, 0.05) is 6.04 Å². The molecular formula is C12H17NO2. The summed E-state index contributed by atoms with van der Waals surface area (Å²) >= 11 is 0. The van der Waals surface area contributed by atoms with Gasteiger partial charge >= 0.3 is 0 Å². The van der Waals surface area contributed by atoms with Crippen LogP contribution in [0.4, 0.5) is 0 Å². The summed E-state index contributed by atoms with van der Waals surface area (Å²) in [6.07, 6.45) is 4.96. The summed E-state index contributed by atoms with van der Waals surface area (Å²) in [6, 6.07) is 3.70. The molecule has 1 aliphatic carbocycles. The standard InChI is InChI=1S/C12H17NO2/c1-12(2)7-3-6-10(12)13-11(14)9-5-4-8-15-9/h4-5,8,10H,3,6-7H2,1-2H3,(H,13,14). The largest absolute Gasteiger partial charge is 0.459 e. The second-order valence-corrected chi connectivity index (χ2v) is 4.88. The number of carbonyl (C=O) groups is 1. The van der Waals surface area contributed by atoms with E-state index in [-0.39, 0.29) is 17.4 Å². The third-order valence-corrected chi connectivity index (χ3v) is 3.31. The van der Waals surface area contributed by atoms with Crippen molar-refractivity contribution in [2.45, 2.75) is 39.2 Å². The van der Waals surface area contributed by atoms with Crippen molar-refractivity contribution in [3.05, 3.63) is 24.2 Å². The predicted molar refractivity (Wildman–Crippen MR) is 57.6 cm³/mol. The first-order valence-electron chi connectivity index (χ1n) is 5.44. The number of nitrogens with one attached hydrogen (secondary N) is 1. The van der Waals surface area contributed by atoms with Crippen molar-refractivity contribution in [1.29, 1.82) is 0 Å². The molecule has 0 radical (unpaired) electrons. The first-order chi connectivity index (χ1) is 7.09. The van der Waals surface area contributed by atoms with Crippen molar-refractivity contribution < 1.29 is 9.21 Å². The van der Waals surface area contributed by atoms with Gasteiger partial charge in [-0.2, -0.15) is 0 Å². The molecule has 1 unspecified atom stereocenters. The Morgan fingerprint density at radius 2 is 2.40 bits per heavy atom. The number of hydrogen-bond acceptors (Lipinski definition) is 2. The molecule has 0 spiro atoms. The number of furan rings is 1. The third kappa shape index (κ3) is 2.06. The zero-order valence-electron chi connectivity index (χ0n) is 9.25. The van der Waals surface area contributed by atoms with Crippen LogP contribution >= 0.6 is 0 Å². The van der Waals surface area contributed by atoms with E-state index in [0.29, 0.717) is 5.76 Å². The molecule has 3 nitrogen and oxygen atoms in total. The van der Waals surface area contributed by atoms with Crippen molar-refractivity contribution in [3.63, 3.8) is 0 Å². The second-order valence-electron chi connectivity index (χ2n) is 4.88. The summed E-state index contributed by atoms with van der Waals surface area (Å²) in [5, 5.41) is 3.04. The van der Waals surface area contributed by atoms with Crippen LogP contribution in [-0.4, -0.2) is 11.9 Å². The van der Waals surface area contributed by atoms with Crippen LogP contribution in [0, 0.1) is 5.41 Å². The molecule has 1 heterocycles. The number of amides is 1. The lowest BCUT2D eigenvalue weighted by Crippen LogP contribution is -2.41. The molecule has 0 aliphatic heterocycles. The average molecular weight is 207 g/mol. The first kappa shape index (κ1) is 10.3. The molecule has 1 amide bonds. The summed E-state index contributed by atoms with van der Waals surface area (Å²) in [5.74, 6) is 0.303. The van der Waals surface area contributed by atoms with Gasteiger partial charge in [-0.3, -0.25) is 4.79 Å². The Hall–Kier alpha value is -1.25. The van der Waals surface area contributed by atoms with Crippen LogP contribution in [0.25, 0.3) is 0 Å². The summed E-state index contributed by atoms with van der Waals surface area (Å²) in [6.45, 7) is 4.40. The third-order valence-electron chi connectivity index (χ3n) is 3.31. The fourth-order valence-electron chi connectivity index (χ4n) is 2.23. The van der Waals surface area contributed by atoms with Crippen molar-refractivity contribution in [1.82, 2.24) is 5.32 Å². The fourth-order valence-corrected chi connectivity index (χ4v) is 2.23. The Morgan fingerprint density at radius 3 is 2.93 bits per heavy atom. The lowest BCUT2D eigenvalue weighted by molar-refractivity contribution is 0.0882. The minimum Gasteiger partial charge on any atom is -0.459 e. The minimum atomic E-state index is -0.0972. The van der Waals surface area contributed by atoms with Gasteiger partial charge < -0.3 is 9.73 Å². The van der Waals surface area contributed by atoms with Crippen LogP contribution in [0.3, 0.4) is 0 Å². The summed E-state index contributed by atoms with van der Waals surface area (Å²) in [4.78, 5) is 11.7. The van der Waals surface area contributed by atoms with Crippen LogP contribution in [0.15, 0.2) is 22.8 Å². The van der Waals surface area contributed by atoms with Crippen LogP contribution in [0.1, 0.15) is 43.7 Å². The Labute approximate surface area is 89.9 Å². The summed E-state index contributed by atoms with van der Waals surface area (Å²) in [5.41, 5.74) is 0.211. The first-order valence-corrected chi connectivity index (χ1v) is 5.44. The van der Waals surface area contributed by atoms with Gasteiger partial charge in [0.1, 0.15) is 0 Å². The van der Waals surface area contributed by atoms with Crippen molar-refractivity contribution in [3.8, 4) is 0 Å². The van der Waals surface area contributed by atoms with E-state index in [9.17, 15) is 4.79 Å². The van der Waals surface area contributed by atoms with Crippen LogP contribution in [0.5, 0.6) is 0 Å². The van der Waals surface area contributed by atoms with Crippen molar-refractivity contribution in [2.75, 3.05) is 0 Å². The Kier molecular flexibility index (Phi) is 2.55. The van der Waals surface area contributed by atoms with Gasteiger partial charge in [0.05, 0.1) is 6.26 Å². The smallest absolute Gasteiger partial charge is 0.287 e. The molecule has 0 saturated heterocycles. The van der Waals surface area contributed by atoms with E-state index in [1.54, 1.807) is 12.1 Å². The minimum absolute atomic E-state index is 0.0972. The molecule has 15 heavy (non-hydrogen) atoms. The molecule has 1 fully saturated rings. The van der Waals surface area contributed by atoms with E-state index >= 15 is 0 Å². The summed E-state index contributed by atoms with van der Waals surface area (Å²) < 4.78 is 5.06. The average Bonchev–Trinajstić information content (AvgIpc) is 2.76. The van der Waals surface area contributed by atoms with Crippen molar-refractivity contribution >= 4 is 5.91 Å². The fraction of sp³-hybridized carbons (Fsp3) is 0.583. The van der Waals surface area contributed by atoms with Gasteiger partial charge in [-0.1, -0.05) is 20.3 Å². The van der Waals surface area contributed by atoms with Gasteiger partial charge in [-0.05, 0) is 30.4 Å². The zero-order chi connectivity index (χ0) is 10.9. The van der Waals surface area contributed by atoms with E-state index < -0.39 is 0 Å². The summed E-state index contributed by atoms with van der Waals surface area (Å²) in [7, 11) is 0. The molecular weight excluding hydrogens is 190 g/mol. The monoisotopic (exact) mass is 207 g/mol. The van der Waals surface area contributed by atoms with Crippen LogP contribution < -0.4 is 5.32 Å². The Balaban J connectivity index is 2.01. The van der Waals surface area contributed by atoms with E-state index in [4.69, 9.17) is 4.42 Å². The number of carbonyl (C=O) groups excluding carboxylic acids is 1. The maximum atomic E-state index is 11.7. The van der Waals surface area contributed by atoms with Crippen LogP contribution in [0.2, 0.25) is 0 Å². The van der Waals surface area contributed by atoms with E-state index in [2.05, 4.69) is 19.2 Å². The van der Waals surface area contributed by atoms with Crippen LogP contribution in [-0.2, 0) is 0 Å². The number of hydrogen-bond donors (Lipinski definition) is 1. The van der Waals surface area contributed by atoms with Gasteiger partial charge in [0.2, 0.25) is 0 Å². The molecule has 1 aliphatic rings. The maximum Gasteiger partial charge on any atom is 0.287 e. The molecule has 1 saturated carbocycles. The van der Waals surface area contributed by atoms with Gasteiger partial charge in [0.25, 0.3) is 5.91 Å². The highest BCUT2D eigenvalue weighted by molar-refractivity contribution is 5.91. The SMILES string of the molecule is CC1(C)CCCC1NC(=O)c1ccco1. The topological polar surface area (TPSA) is 42.2 Å². The van der Waals surface area contributed by atoms with Crippen molar-refractivity contribution in [2.24, 2.45) is 5.41 Å². The molecule has 1 aromatic heterocycles. The Bertz CT molecular complexity index is 341. The normalized spacial score (nSPS) is 24.0. The number of rotatable bonds is 2. The molecule has 1 atom stereocenters. The van der Waals surface area contributed by atoms with E-state index in [1.807, 2.05) is 0 Å².